The van der Waals surface area contributed by atoms with E-state index in [1.54, 1.807) is 7.11 Å². The number of amides is 2. The van der Waals surface area contributed by atoms with Gasteiger partial charge in [0.25, 0.3) is 0 Å². The number of carbonyl (C=O) groups excluding carboxylic acids is 1. The van der Waals surface area contributed by atoms with E-state index in [9.17, 15) is 4.79 Å². The molecule has 1 N–H and O–H groups in total. The van der Waals surface area contributed by atoms with Gasteiger partial charge in [-0.1, -0.05) is 6.42 Å². The topological polar surface area (TPSA) is 50.8 Å². The number of rotatable bonds is 5. The molecular weight excluding hydrogens is 304 g/mol. The van der Waals surface area contributed by atoms with Gasteiger partial charge >= 0.3 is 6.03 Å². The van der Waals surface area contributed by atoms with Gasteiger partial charge in [0.15, 0.2) is 0 Å². The third-order valence-corrected chi connectivity index (χ3v) is 5.46. The molecule has 1 atom stereocenters. The lowest BCUT2D eigenvalue weighted by molar-refractivity contribution is 0.0458. The van der Waals surface area contributed by atoms with Crippen molar-refractivity contribution in [1.82, 2.24) is 10.2 Å². The van der Waals surface area contributed by atoms with Gasteiger partial charge in [0.05, 0.1) is 13.7 Å². The van der Waals surface area contributed by atoms with Crippen LogP contribution >= 0.6 is 0 Å². The number of piperidine rings is 1. The zero-order chi connectivity index (χ0) is 17.0. The van der Waals surface area contributed by atoms with Crippen molar-refractivity contribution in [3.63, 3.8) is 0 Å². The molecule has 1 aliphatic carbocycles. The number of hydrogen-bond acceptors (Lipinski definition) is 3. The van der Waals surface area contributed by atoms with Crippen molar-refractivity contribution in [2.75, 3.05) is 26.7 Å². The smallest absolute Gasteiger partial charge is 0.317 e. The first-order chi connectivity index (χ1) is 11.6. The fourth-order valence-electron chi connectivity index (χ4n) is 3.63. The van der Waals surface area contributed by atoms with Gasteiger partial charge in [-0.05, 0) is 62.3 Å². The Morgan fingerprint density at radius 2 is 1.79 bits per heavy atom. The van der Waals surface area contributed by atoms with E-state index in [0.29, 0.717) is 12.0 Å². The number of benzene rings is 1. The van der Waals surface area contributed by atoms with Crippen LogP contribution in [0.25, 0.3) is 0 Å². The first-order valence-corrected chi connectivity index (χ1v) is 8.94. The third kappa shape index (κ3) is 3.94. The van der Waals surface area contributed by atoms with Crippen molar-refractivity contribution in [1.29, 1.82) is 0 Å². The summed E-state index contributed by atoms with van der Waals surface area (Å²) < 4.78 is 11.0. The molecule has 1 aliphatic heterocycles. The fraction of sp³-hybridized carbons (Fsp3) is 0.632. The van der Waals surface area contributed by atoms with Gasteiger partial charge in [-0.25, -0.2) is 4.79 Å². The summed E-state index contributed by atoms with van der Waals surface area (Å²) >= 11 is 0. The zero-order valence-corrected chi connectivity index (χ0v) is 14.7. The number of methoxy groups -OCH3 is 1. The number of likely N-dealkylation sites (tertiary alicyclic amines) is 1. The normalized spacial score (nSPS) is 20.2. The highest BCUT2D eigenvalue weighted by atomic mass is 16.5. The minimum atomic E-state index is -0.0786. The second-order valence-corrected chi connectivity index (χ2v) is 7.13. The van der Waals surface area contributed by atoms with Gasteiger partial charge < -0.3 is 19.7 Å². The van der Waals surface area contributed by atoms with Crippen molar-refractivity contribution < 1.29 is 14.3 Å². The highest BCUT2D eigenvalue weighted by Gasteiger charge is 2.40. The van der Waals surface area contributed by atoms with E-state index in [0.717, 1.165) is 24.6 Å². The maximum absolute atomic E-state index is 12.3. The second-order valence-electron chi connectivity index (χ2n) is 7.13. The summed E-state index contributed by atoms with van der Waals surface area (Å²) in [5, 5.41) is 3.00. The van der Waals surface area contributed by atoms with Crippen molar-refractivity contribution in [3.05, 3.63) is 24.3 Å². The maximum Gasteiger partial charge on any atom is 0.317 e. The summed E-state index contributed by atoms with van der Waals surface area (Å²) in [5.41, 5.74) is 0.571. The SMILES string of the molecule is COc1ccc(OC(C)CNC(=O)N2CCC3(CCC3)CC2)cc1. The molecule has 132 valence electrons. The molecule has 1 aromatic rings. The molecular formula is C19H28N2O3. The standard InChI is InChI=1S/C19H28N2O3/c1-15(24-17-6-4-16(23-2)5-7-17)14-20-18(22)21-12-10-19(11-13-21)8-3-9-19/h4-7,15H,3,8-14H2,1-2H3,(H,20,22). The second kappa shape index (κ2) is 7.32. The molecule has 3 rings (SSSR count). The summed E-state index contributed by atoms with van der Waals surface area (Å²) in [6.45, 7) is 4.25. The van der Waals surface area contributed by atoms with Gasteiger partial charge in [-0.3, -0.25) is 0 Å². The average Bonchev–Trinajstić information content (AvgIpc) is 2.59. The monoisotopic (exact) mass is 332 g/mol. The fourth-order valence-corrected chi connectivity index (χ4v) is 3.63. The van der Waals surface area contributed by atoms with Crippen molar-refractivity contribution in [3.8, 4) is 11.5 Å². The van der Waals surface area contributed by atoms with E-state index < -0.39 is 0 Å². The molecule has 0 radical (unpaired) electrons. The summed E-state index contributed by atoms with van der Waals surface area (Å²) in [6.07, 6.45) is 6.33. The number of nitrogens with one attached hydrogen (secondary N) is 1. The lowest BCUT2D eigenvalue weighted by atomic mass is 9.63. The minimum Gasteiger partial charge on any atom is -0.497 e. The van der Waals surface area contributed by atoms with E-state index >= 15 is 0 Å². The Bertz CT molecular complexity index is 544. The van der Waals surface area contributed by atoms with Crippen LogP contribution in [0.1, 0.15) is 39.0 Å². The molecule has 5 heteroatoms. The molecule has 2 fully saturated rings. The van der Waals surface area contributed by atoms with Crippen LogP contribution in [0, 0.1) is 5.41 Å². The number of ether oxygens (including phenoxy) is 2. The molecule has 1 saturated heterocycles. The van der Waals surface area contributed by atoms with Crippen LogP contribution in [0.2, 0.25) is 0 Å². The molecule has 1 unspecified atom stereocenters. The van der Waals surface area contributed by atoms with E-state index in [1.807, 2.05) is 36.1 Å². The number of nitrogens with zero attached hydrogens (tertiary/aromatic N) is 1. The van der Waals surface area contributed by atoms with Crippen LogP contribution in [0.4, 0.5) is 4.79 Å². The molecule has 1 saturated carbocycles. The van der Waals surface area contributed by atoms with Crippen molar-refractivity contribution in [2.24, 2.45) is 5.41 Å². The molecule has 1 spiro atoms. The van der Waals surface area contributed by atoms with Gasteiger partial charge in [-0.2, -0.15) is 0 Å². The zero-order valence-electron chi connectivity index (χ0n) is 14.7. The van der Waals surface area contributed by atoms with Gasteiger partial charge in [0.1, 0.15) is 17.6 Å². The minimum absolute atomic E-state index is 0.0364. The predicted octanol–water partition coefficient (Wildman–Crippen LogP) is 3.44. The van der Waals surface area contributed by atoms with E-state index in [4.69, 9.17) is 9.47 Å². The van der Waals surface area contributed by atoms with Crippen LogP contribution in [0.15, 0.2) is 24.3 Å². The average molecular weight is 332 g/mol. The summed E-state index contributed by atoms with van der Waals surface area (Å²) in [7, 11) is 1.64. The Morgan fingerprint density at radius 3 is 2.33 bits per heavy atom. The van der Waals surface area contributed by atoms with E-state index in [1.165, 1.54) is 32.1 Å². The Morgan fingerprint density at radius 1 is 1.17 bits per heavy atom. The van der Waals surface area contributed by atoms with Crippen LogP contribution in [-0.4, -0.2) is 43.8 Å². The Kier molecular flexibility index (Phi) is 5.17. The number of carbonyl (C=O) groups is 1. The molecule has 0 aromatic heterocycles. The van der Waals surface area contributed by atoms with Crippen LogP contribution in [0.5, 0.6) is 11.5 Å². The highest BCUT2D eigenvalue weighted by molar-refractivity contribution is 5.74. The number of hydrogen-bond donors (Lipinski definition) is 1. The van der Waals surface area contributed by atoms with Crippen LogP contribution < -0.4 is 14.8 Å². The van der Waals surface area contributed by atoms with E-state index in [2.05, 4.69) is 5.32 Å². The highest BCUT2D eigenvalue weighted by Crippen LogP contribution is 2.48. The summed E-state index contributed by atoms with van der Waals surface area (Å²) in [6, 6.07) is 7.52. The van der Waals surface area contributed by atoms with Crippen molar-refractivity contribution in [2.45, 2.75) is 45.1 Å². The molecule has 5 nitrogen and oxygen atoms in total. The van der Waals surface area contributed by atoms with Gasteiger partial charge in [-0.15, -0.1) is 0 Å². The quantitative estimate of drug-likeness (QED) is 0.898. The van der Waals surface area contributed by atoms with Crippen molar-refractivity contribution >= 4 is 6.03 Å². The molecule has 1 heterocycles. The molecule has 24 heavy (non-hydrogen) atoms. The Balaban J connectivity index is 1.39. The first-order valence-electron chi connectivity index (χ1n) is 8.94. The molecule has 2 amide bonds. The first kappa shape index (κ1) is 16.9. The number of urea groups is 1. The predicted molar refractivity (Wildman–Crippen MR) is 93.6 cm³/mol. The molecule has 0 bridgehead atoms. The lowest BCUT2D eigenvalue weighted by Gasteiger charge is -2.47. The summed E-state index contributed by atoms with van der Waals surface area (Å²) in [4.78, 5) is 14.2. The largest absolute Gasteiger partial charge is 0.497 e. The molecule has 1 aromatic carbocycles. The van der Waals surface area contributed by atoms with E-state index in [-0.39, 0.29) is 12.1 Å². The molecule has 2 aliphatic rings. The van der Waals surface area contributed by atoms with Crippen LogP contribution in [0.3, 0.4) is 0 Å². The van der Waals surface area contributed by atoms with Gasteiger partial charge in [0.2, 0.25) is 0 Å². The summed E-state index contributed by atoms with van der Waals surface area (Å²) in [5.74, 6) is 1.58. The van der Waals surface area contributed by atoms with Crippen LogP contribution in [-0.2, 0) is 0 Å². The Labute approximate surface area is 144 Å². The Hall–Kier alpha value is -1.91. The third-order valence-electron chi connectivity index (χ3n) is 5.46. The maximum atomic E-state index is 12.3. The van der Waals surface area contributed by atoms with Gasteiger partial charge in [0, 0.05) is 13.1 Å². The lowest BCUT2D eigenvalue weighted by Crippen LogP contribution is -2.50.